The van der Waals surface area contributed by atoms with Crippen molar-refractivity contribution in [1.29, 1.82) is 0 Å². The van der Waals surface area contributed by atoms with Gasteiger partial charge in [0.05, 0.1) is 0 Å². The van der Waals surface area contributed by atoms with Crippen LogP contribution < -0.4 is 0 Å². The lowest BCUT2D eigenvalue weighted by molar-refractivity contribution is 0.0676. The predicted octanol–water partition coefficient (Wildman–Crippen LogP) is 1.63. The van der Waals surface area contributed by atoms with E-state index in [1.807, 2.05) is 0 Å². The number of carbonyl (C=O) groups excluding carboxylic acids is 2. The van der Waals surface area contributed by atoms with Gasteiger partial charge in [-0.05, 0) is 18.2 Å². The van der Waals surface area contributed by atoms with Crippen LogP contribution in [0.25, 0.3) is 0 Å². The average Bonchev–Trinajstić information content (AvgIpc) is 2.38. The largest absolute Gasteiger partial charge is 0.335 e. The van der Waals surface area contributed by atoms with Crippen LogP contribution in [0.15, 0.2) is 24.3 Å². The van der Waals surface area contributed by atoms with Crippen LogP contribution in [0.4, 0.5) is 9.18 Å². The Morgan fingerprint density at radius 3 is 2.28 bits per heavy atom. The third kappa shape index (κ3) is 2.81. The number of piperazine rings is 1. The topological polar surface area (TPSA) is 40.6 Å². The van der Waals surface area contributed by atoms with E-state index in [9.17, 15) is 14.0 Å². The predicted molar refractivity (Wildman–Crippen MR) is 68.3 cm³/mol. The number of benzene rings is 1. The minimum atomic E-state index is -0.426. The van der Waals surface area contributed by atoms with Crippen LogP contribution in [-0.4, -0.2) is 47.1 Å². The quantitative estimate of drug-likeness (QED) is 0.787. The van der Waals surface area contributed by atoms with E-state index in [1.54, 1.807) is 15.9 Å². The number of amides is 2. The van der Waals surface area contributed by atoms with Gasteiger partial charge in [0.15, 0.2) is 0 Å². The number of nitrogens with zero attached hydrogens (tertiary/aromatic N) is 2. The van der Waals surface area contributed by atoms with E-state index in [0.717, 1.165) is 0 Å². The van der Waals surface area contributed by atoms with Crippen molar-refractivity contribution in [2.45, 2.75) is 0 Å². The molecule has 1 aromatic rings. The van der Waals surface area contributed by atoms with Gasteiger partial charge >= 0.3 is 0 Å². The number of hydrogen-bond donors (Lipinski definition) is 1. The molecule has 1 fully saturated rings. The minimum Gasteiger partial charge on any atom is -0.335 e. The van der Waals surface area contributed by atoms with Gasteiger partial charge in [-0.15, -0.1) is 0 Å². The van der Waals surface area contributed by atoms with Crippen LogP contribution in [-0.2, 0) is 0 Å². The zero-order valence-corrected chi connectivity index (χ0v) is 10.6. The van der Waals surface area contributed by atoms with E-state index >= 15 is 0 Å². The summed E-state index contributed by atoms with van der Waals surface area (Å²) in [6.07, 6.45) is 0. The van der Waals surface area contributed by atoms with Crippen LogP contribution in [0.3, 0.4) is 0 Å². The highest BCUT2D eigenvalue weighted by Gasteiger charge is 2.23. The highest BCUT2D eigenvalue weighted by Crippen LogP contribution is 2.11. The van der Waals surface area contributed by atoms with Gasteiger partial charge in [-0.3, -0.25) is 9.59 Å². The summed E-state index contributed by atoms with van der Waals surface area (Å²) in [6, 6.07) is 5.62. The highest BCUT2D eigenvalue weighted by molar-refractivity contribution is 7.96. The Morgan fingerprint density at radius 1 is 1.11 bits per heavy atom. The molecule has 0 atom stereocenters. The molecule has 0 saturated carbocycles. The van der Waals surface area contributed by atoms with E-state index in [2.05, 4.69) is 12.6 Å². The zero-order chi connectivity index (χ0) is 13.1. The van der Waals surface area contributed by atoms with Crippen molar-refractivity contribution in [1.82, 2.24) is 9.80 Å². The summed E-state index contributed by atoms with van der Waals surface area (Å²) in [7, 11) is 0. The first-order valence-corrected chi connectivity index (χ1v) is 6.05. The van der Waals surface area contributed by atoms with E-state index in [0.29, 0.717) is 31.7 Å². The van der Waals surface area contributed by atoms with Crippen molar-refractivity contribution < 1.29 is 14.0 Å². The monoisotopic (exact) mass is 268 g/mol. The molecule has 1 aliphatic rings. The maximum absolute atomic E-state index is 13.0. The smallest absolute Gasteiger partial charge is 0.278 e. The molecule has 2 rings (SSSR count). The Labute approximate surface area is 110 Å². The van der Waals surface area contributed by atoms with Gasteiger partial charge in [-0.2, -0.15) is 0 Å². The van der Waals surface area contributed by atoms with Crippen molar-refractivity contribution >= 4 is 23.8 Å². The Balaban J connectivity index is 2.02. The SMILES string of the molecule is O=C(S)N1CCN(C(=O)c2cccc(F)c2)CC1. The summed E-state index contributed by atoms with van der Waals surface area (Å²) >= 11 is 3.74. The molecule has 0 unspecified atom stereocenters. The summed E-state index contributed by atoms with van der Waals surface area (Å²) in [4.78, 5) is 26.3. The Bertz CT molecular complexity index is 473. The molecule has 0 aliphatic carbocycles. The van der Waals surface area contributed by atoms with Crippen LogP contribution in [0, 0.1) is 5.82 Å². The van der Waals surface area contributed by atoms with Gasteiger partial charge in [0, 0.05) is 31.7 Å². The molecule has 1 saturated heterocycles. The molecule has 0 aromatic heterocycles. The van der Waals surface area contributed by atoms with Crippen molar-refractivity contribution in [3.8, 4) is 0 Å². The van der Waals surface area contributed by atoms with Gasteiger partial charge < -0.3 is 9.80 Å². The summed E-state index contributed by atoms with van der Waals surface area (Å²) < 4.78 is 13.0. The Kier molecular flexibility index (Phi) is 3.86. The van der Waals surface area contributed by atoms with E-state index < -0.39 is 5.82 Å². The highest BCUT2D eigenvalue weighted by atomic mass is 32.1. The molecule has 0 bridgehead atoms. The van der Waals surface area contributed by atoms with E-state index in [1.165, 1.54) is 18.2 Å². The lowest BCUT2D eigenvalue weighted by Gasteiger charge is -2.33. The standard InChI is InChI=1S/C12H13FN2O2S/c13-10-3-1-2-9(8-10)11(16)14-4-6-15(7-5-14)12(17)18/h1-3,8H,4-7H2,(H,17,18). The zero-order valence-electron chi connectivity index (χ0n) is 9.67. The Hall–Kier alpha value is -1.56. The van der Waals surface area contributed by atoms with Gasteiger partial charge in [0.2, 0.25) is 0 Å². The van der Waals surface area contributed by atoms with Crippen LogP contribution in [0.1, 0.15) is 10.4 Å². The van der Waals surface area contributed by atoms with Crippen molar-refractivity contribution in [3.05, 3.63) is 35.6 Å². The van der Waals surface area contributed by atoms with Gasteiger partial charge in [-0.25, -0.2) is 4.39 Å². The fourth-order valence-corrected chi connectivity index (χ4v) is 2.10. The second-order valence-corrected chi connectivity index (χ2v) is 4.45. The molecule has 0 radical (unpaired) electrons. The summed E-state index contributed by atoms with van der Waals surface area (Å²) in [5, 5.41) is -0.284. The Morgan fingerprint density at radius 2 is 1.72 bits per heavy atom. The maximum atomic E-state index is 13.0. The molecule has 2 amide bonds. The first kappa shape index (κ1) is 12.9. The summed E-state index contributed by atoms with van der Waals surface area (Å²) in [5.74, 6) is -0.634. The van der Waals surface area contributed by atoms with Crippen molar-refractivity contribution in [3.63, 3.8) is 0 Å². The molecule has 6 heteroatoms. The number of thiol groups is 1. The molecule has 0 spiro atoms. The maximum Gasteiger partial charge on any atom is 0.278 e. The van der Waals surface area contributed by atoms with Crippen LogP contribution >= 0.6 is 12.6 Å². The molecule has 96 valence electrons. The molecule has 1 heterocycles. The molecule has 4 nitrogen and oxygen atoms in total. The normalized spacial score (nSPS) is 15.7. The van der Waals surface area contributed by atoms with E-state index in [4.69, 9.17) is 0 Å². The average molecular weight is 268 g/mol. The first-order chi connectivity index (χ1) is 8.58. The fourth-order valence-electron chi connectivity index (χ4n) is 1.90. The van der Waals surface area contributed by atoms with Crippen LogP contribution in [0.5, 0.6) is 0 Å². The fraction of sp³-hybridized carbons (Fsp3) is 0.333. The second-order valence-electron chi connectivity index (χ2n) is 4.07. The lowest BCUT2D eigenvalue weighted by atomic mass is 10.2. The van der Waals surface area contributed by atoms with Gasteiger partial charge in [0.1, 0.15) is 5.82 Å². The molecular weight excluding hydrogens is 255 g/mol. The van der Waals surface area contributed by atoms with E-state index in [-0.39, 0.29) is 11.1 Å². The third-order valence-electron chi connectivity index (χ3n) is 2.91. The molecule has 0 N–H and O–H groups in total. The summed E-state index contributed by atoms with van der Waals surface area (Å²) in [6.45, 7) is 1.82. The molecular formula is C12H13FN2O2S. The molecule has 18 heavy (non-hydrogen) atoms. The number of hydrogen-bond acceptors (Lipinski definition) is 2. The van der Waals surface area contributed by atoms with Crippen LogP contribution in [0.2, 0.25) is 0 Å². The van der Waals surface area contributed by atoms with Gasteiger partial charge in [-0.1, -0.05) is 18.7 Å². The summed E-state index contributed by atoms with van der Waals surface area (Å²) in [5.41, 5.74) is 0.334. The second kappa shape index (κ2) is 5.39. The van der Waals surface area contributed by atoms with Crippen molar-refractivity contribution in [2.75, 3.05) is 26.2 Å². The lowest BCUT2D eigenvalue weighted by Crippen LogP contribution is -2.49. The minimum absolute atomic E-state index is 0.208. The number of rotatable bonds is 1. The molecule has 1 aromatic carbocycles. The number of halogens is 1. The van der Waals surface area contributed by atoms with Crippen molar-refractivity contribution in [2.24, 2.45) is 0 Å². The van der Waals surface area contributed by atoms with Gasteiger partial charge in [0.25, 0.3) is 11.1 Å². The molecule has 1 aliphatic heterocycles. The third-order valence-corrected chi connectivity index (χ3v) is 3.19. The number of carbonyl (C=O) groups is 2. The first-order valence-electron chi connectivity index (χ1n) is 5.60.